The third-order valence-corrected chi connectivity index (χ3v) is 7.40. The molecule has 0 saturated carbocycles. The zero-order valence-corrected chi connectivity index (χ0v) is 19.2. The number of amides is 2. The number of nitrogens with one attached hydrogen (secondary N) is 1. The molecule has 0 spiro atoms. The van der Waals surface area contributed by atoms with Gasteiger partial charge < -0.3 is 9.80 Å². The molecule has 2 amide bonds. The van der Waals surface area contributed by atoms with Crippen molar-refractivity contribution in [1.29, 1.82) is 0 Å². The molecule has 2 heterocycles. The summed E-state index contributed by atoms with van der Waals surface area (Å²) in [6.07, 6.45) is 0.188. The predicted octanol–water partition coefficient (Wildman–Crippen LogP) is 2.63. The van der Waals surface area contributed by atoms with Gasteiger partial charge >= 0.3 is 0 Å². The van der Waals surface area contributed by atoms with Crippen LogP contribution in [0, 0.1) is 0 Å². The normalized spacial score (nSPS) is 18.0. The van der Waals surface area contributed by atoms with Gasteiger partial charge in [0.05, 0.1) is 45.7 Å². The van der Waals surface area contributed by atoms with Gasteiger partial charge in [0.2, 0.25) is 5.91 Å². The molecule has 0 atom stereocenters. The predicted molar refractivity (Wildman–Crippen MR) is 133 cm³/mol. The molecule has 3 aromatic rings. The Labute approximate surface area is 199 Å². The van der Waals surface area contributed by atoms with Gasteiger partial charge in [0.25, 0.3) is 5.91 Å². The first-order valence-electron chi connectivity index (χ1n) is 12.1. The van der Waals surface area contributed by atoms with Gasteiger partial charge in [0, 0.05) is 11.3 Å². The summed E-state index contributed by atoms with van der Waals surface area (Å²) in [5.74, 6) is -0.189. The Bertz CT molecular complexity index is 1240. The summed E-state index contributed by atoms with van der Waals surface area (Å²) in [6.45, 7) is 5.29. The molecular formula is C29H28N3O2+. The lowest BCUT2D eigenvalue weighted by atomic mass is 9.97. The highest BCUT2D eigenvalue weighted by molar-refractivity contribution is 6.21. The maximum absolute atomic E-state index is 13.5. The summed E-state index contributed by atoms with van der Waals surface area (Å²) in [5.41, 5.74) is 7.25. The Morgan fingerprint density at radius 2 is 1.26 bits per heavy atom. The Morgan fingerprint density at radius 1 is 0.706 bits per heavy atom. The first-order valence-corrected chi connectivity index (χ1v) is 12.1. The fraction of sp³-hybridized carbons (Fsp3) is 0.241. The smallest absolute Gasteiger partial charge is 0.257 e. The van der Waals surface area contributed by atoms with Crippen molar-refractivity contribution in [2.24, 2.45) is 0 Å². The lowest BCUT2D eigenvalue weighted by molar-refractivity contribution is -0.899. The summed E-state index contributed by atoms with van der Waals surface area (Å²) >= 11 is 0. The quantitative estimate of drug-likeness (QED) is 0.384. The van der Waals surface area contributed by atoms with Crippen LogP contribution in [-0.4, -0.2) is 56.0 Å². The number of nitrogens with zero attached hydrogens (tertiary/aromatic N) is 2. The van der Waals surface area contributed by atoms with Crippen LogP contribution in [0.1, 0.15) is 17.5 Å². The summed E-state index contributed by atoms with van der Waals surface area (Å²) in [5, 5.41) is 0. The summed E-state index contributed by atoms with van der Waals surface area (Å²) < 4.78 is 0. The van der Waals surface area contributed by atoms with E-state index in [1.54, 1.807) is 0 Å². The van der Waals surface area contributed by atoms with E-state index in [2.05, 4.69) is 53.4 Å². The number of hydrogen-bond acceptors (Lipinski definition) is 3. The molecule has 2 saturated heterocycles. The first-order chi connectivity index (χ1) is 16.7. The minimum Gasteiger partial charge on any atom is -0.360 e. The third-order valence-electron chi connectivity index (χ3n) is 7.40. The van der Waals surface area contributed by atoms with Gasteiger partial charge in [-0.3, -0.25) is 14.5 Å². The van der Waals surface area contributed by atoms with Crippen LogP contribution in [0.25, 0.3) is 16.7 Å². The number of quaternary nitrogens is 1. The molecule has 2 aliphatic heterocycles. The number of hydrogen-bond donors (Lipinski definition) is 1. The van der Waals surface area contributed by atoms with Gasteiger partial charge in [-0.1, -0.05) is 66.7 Å². The van der Waals surface area contributed by atoms with Gasteiger partial charge in [0.1, 0.15) is 0 Å². The lowest BCUT2D eigenvalue weighted by Crippen LogP contribution is -3.15. The van der Waals surface area contributed by atoms with E-state index >= 15 is 0 Å². The second kappa shape index (κ2) is 8.58. The Hall–Kier alpha value is -3.70. The SMILES string of the molecule is O=C1CC(=C2c3ccccc3-c3ccccc32)C(=O)N1CC[NH+]1CCN(c2ccccc2)CC1. The van der Waals surface area contributed by atoms with Crippen molar-refractivity contribution >= 4 is 23.1 Å². The Balaban J connectivity index is 1.18. The van der Waals surface area contributed by atoms with Crippen LogP contribution in [0.2, 0.25) is 0 Å². The van der Waals surface area contributed by atoms with E-state index in [1.807, 2.05) is 30.3 Å². The van der Waals surface area contributed by atoms with E-state index in [1.165, 1.54) is 15.5 Å². The number of fused-ring (bicyclic) bond motifs is 3. The highest BCUT2D eigenvalue weighted by Gasteiger charge is 2.39. The van der Waals surface area contributed by atoms with Gasteiger partial charge in [-0.2, -0.15) is 0 Å². The van der Waals surface area contributed by atoms with Crippen molar-refractivity contribution in [2.75, 3.05) is 44.2 Å². The monoisotopic (exact) mass is 450 g/mol. The van der Waals surface area contributed by atoms with Gasteiger partial charge in [0.15, 0.2) is 0 Å². The molecule has 6 rings (SSSR count). The lowest BCUT2D eigenvalue weighted by Gasteiger charge is -2.34. The summed E-state index contributed by atoms with van der Waals surface area (Å²) in [7, 11) is 0. The fourth-order valence-electron chi connectivity index (χ4n) is 5.60. The number of rotatable bonds is 4. The number of anilines is 1. The molecule has 1 N–H and O–H groups in total. The minimum atomic E-state index is -0.117. The molecule has 170 valence electrons. The second-order valence-electron chi connectivity index (χ2n) is 9.29. The van der Waals surface area contributed by atoms with Gasteiger partial charge in [-0.05, 0) is 40.0 Å². The molecule has 0 aromatic heterocycles. The summed E-state index contributed by atoms with van der Waals surface area (Å²) in [4.78, 5) is 31.7. The number of carbonyl (C=O) groups is 2. The van der Waals surface area contributed by atoms with Gasteiger partial charge in [-0.25, -0.2) is 0 Å². The molecule has 3 aromatic carbocycles. The number of imide groups is 1. The van der Waals surface area contributed by atoms with Crippen molar-refractivity contribution < 1.29 is 14.5 Å². The largest absolute Gasteiger partial charge is 0.360 e. The highest BCUT2D eigenvalue weighted by Crippen LogP contribution is 2.47. The van der Waals surface area contributed by atoms with Crippen LogP contribution >= 0.6 is 0 Å². The molecule has 0 unspecified atom stereocenters. The molecule has 0 bridgehead atoms. The molecule has 5 heteroatoms. The number of likely N-dealkylation sites (tertiary alicyclic amines) is 1. The number of para-hydroxylation sites is 1. The van der Waals surface area contributed by atoms with E-state index in [-0.39, 0.29) is 18.2 Å². The minimum absolute atomic E-state index is 0.0725. The number of piperazine rings is 1. The van der Waals surface area contributed by atoms with E-state index in [0.29, 0.717) is 12.1 Å². The molecule has 5 nitrogen and oxygen atoms in total. The molecular weight excluding hydrogens is 422 g/mol. The van der Waals surface area contributed by atoms with E-state index in [9.17, 15) is 9.59 Å². The van der Waals surface area contributed by atoms with E-state index in [4.69, 9.17) is 0 Å². The van der Waals surface area contributed by atoms with E-state index in [0.717, 1.165) is 60.6 Å². The average molecular weight is 451 g/mol. The highest BCUT2D eigenvalue weighted by atomic mass is 16.2. The van der Waals surface area contributed by atoms with Crippen molar-refractivity contribution in [1.82, 2.24) is 4.90 Å². The maximum Gasteiger partial charge on any atom is 0.257 e. The van der Waals surface area contributed by atoms with Crippen molar-refractivity contribution in [3.8, 4) is 11.1 Å². The maximum atomic E-state index is 13.5. The number of carbonyl (C=O) groups excluding carboxylic acids is 2. The standard InChI is InChI=1S/C29H27N3O2/c33-27-20-26(28-24-12-6-4-10-22(24)23-11-5-7-13-25(23)28)29(34)32(27)19-16-30-14-17-31(18-15-30)21-8-2-1-3-9-21/h1-13H,14-20H2/p+1. The van der Waals surface area contributed by atoms with Crippen LogP contribution in [-0.2, 0) is 9.59 Å². The molecule has 0 radical (unpaired) electrons. The zero-order chi connectivity index (χ0) is 23.1. The zero-order valence-electron chi connectivity index (χ0n) is 19.2. The molecule has 34 heavy (non-hydrogen) atoms. The molecule has 1 aliphatic carbocycles. The van der Waals surface area contributed by atoms with Gasteiger partial charge in [-0.15, -0.1) is 0 Å². The number of benzene rings is 3. The van der Waals surface area contributed by atoms with Crippen LogP contribution in [0.15, 0.2) is 84.4 Å². The average Bonchev–Trinajstić information content (AvgIpc) is 3.36. The van der Waals surface area contributed by atoms with Crippen molar-refractivity contribution in [3.05, 3.63) is 95.6 Å². The molecule has 3 aliphatic rings. The topological polar surface area (TPSA) is 45.1 Å². The first kappa shape index (κ1) is 20.9. The van der Waals surface area contributed by atoms with Crippen LogP contribution in [0.5, 0.6) is 0 Å². The van der Waals surface area contributed by atoms with E-state index < -0.39 is 0 Å². The summed E-state index contributed by atoms with van der Waals surface area (Å²) in [6, 6.07) is 26.9. The van der Waals surface area contributed by atoms with Crippen molar-refractivity contribution in [3.63, 3.8) is 0 Å². The van der Waals surface area contributed by atoms with Crippen LogP contribution in [0.3, 0.4) is 0 Å². The van der Waals surface area contributed by atoms with Crippen molar-refractivity contribution in [2.45, 2.75) is 6.42 Å². The Morgan fingerprint density at radius 3 is 1.88 bits per heavy atom. The molecule has 2 fully saturated rings. The van der Waals surface area contributed by atoms with Crippen LogP contribution in [0.4, 0.5) is 5.69 Å². The Kier molecular flexibility index (Phi) is 5.27. The third kappa shape index (κ3) is 3.53. The van der Waals surface area contributed by atoms with Crippen LogP contribution < -0.4 is 9.80 Å². The fourth-order valence-corrected chi connectivity index (χ4v) is 5.60. The second-order valence-corrected chi connectivity index (χ2v) is 9.29.